The summed E-state index contributed by atoms with van der Waals surface area (Å²) in [4.78, 5) is 25.5. The summed E-state index contributed by atoms with van der Waals surface area (Å²) in [5.74, 6) is 2.17. The summed E-state index contributed by atoms with van der Waals surface area (Å²) in [5, 5.41) is 1.69. The van der Waals surface area contributed by atoms with Gasteiger partial charge in [0.15, 0.2) is 5.17 Å². The molecule has 12 heteroatoms. The van der Waals surface area contributed by atoms with Crippen LogP contribution in [-0.4, -0.2) is 20.9 Å². The van der Waals surface area contributed by atoms with Crippen LogP contribution in [0.15, 0.2) is 84.1 Å². The molecule has 5 heterocycles. The van der Waals surface area contributed by atoms with E-state index in [1.807, 2.05) is 30.3 Å². The Bertz CT molecular complexity index is 1750. The Hall–Kier alpha value is -1.75. The molecule has 2 aromatic carbocycles. The summed E-state index contributed by atoms with van der Waals surface area (Å²) in [6, 6.07) is 15.4. The average molecular weight is 876 g/mol. The fraction of sp³-hybridized carbons (Fsp3) is 0.0769. The first-order chi connectivity index (χ1) is 18.2. The summed E-state index contributed by atoms with van der Waals surface area (Å²) < 4.78 is 15.4. The Balaban J connectivity index is 0.000000142. The van der Waals surface area contributed by atoms with Crippen LogP contribution in [-0.2, 0) is 5.54 Å². The van der Waals surface area contributed by atoms with E-state index in [0.717, 1.165) is 38.7 Å². The Morgan fingerprint density at radius 2 is 1.66 bits per heavy atom. The predicted molar refractivity (Wildman–Crippen MR) is 174 cm³/mol. The number of amidine groups is 1. The number of rotatable bonds is 0. The molecule has 2 aliphatic rings. The van der Waals surface area contributed by atoms with Gasteiger partial charge in [-0.05, 0) is 126 Å². The molecule has 5 aromatic rings. The maximum absolute atomic E-state index is 12.3. The molecule has 38 heavy (non-hydrogen) atoms. The number of aromatic nitrogens is 2. The van der Waals surface area contributed by atoms with E-state index in [9.17, 15) is 4.79 Å². The van der Waals surface area contributed by atoms with E-state index in [1.165, 1.54) is 0 Å². The molecular weight excluding hydrogens is 862 g/mol. The molecule has 0 radical (unpaired) electrons. The third-order valence-electron chi connectivity index (χ3n) is 6.04. The van der Waals surface area contributed by atoms with Gasteiger partial charge in [0, 0.05) is 45.4 Å². The highest BCUT2D eigenvalue weighted by atomic mass is 127. The first-order valence-electron chi connectivity index (χ1n) is 11.0. The molecule has 0 saturated heterocycles. The molecule has 2 N–H and O–H groups in total. The van der Waals surface area contributed by atoms with Gasteiger partial charge in [-0.3, -0.25) is 4.79 Å². The molecule has 2 aliphatic heterocycles. The van der Waals surface area contributed by atoms with Gasteiger partial charge in [-0.15, -0.1) is 0 Å². The number of nitrogens with zero attached hydrogens (tertiary/aromatic N) is 3. The van der Waals surface area contributed by atoms with Crippen molar-refractivity contribution in [3.05, 3.63) is 98.4 Å². The van der Waals surface area contributed by atoms with Crippen LogP contribution in [0, 0.1) is 7.14 Å². The summed E-state index contributed by atoms with van der Waals surface area (Å²) in [6.07, 6.45) is 3.35. The summed E-state index contributed by atoms with van der Waals surface area (Å²) in [6.45, 7) is 0. The Kier molecular flexibility index (Phi) is 7.20. The zero-order valence-electron chi connectivity index (χ0n) is 19.0. The molecule has 0 amide bonds. The van der Waals surface area contributed by atoms with Crippen molar-refractivity contribution < 1.29 is 9.15 Å². The van der Waals surface area contributed by atoms with Gasteiger partial charge in [0.1, 0.15) is 16.9 Å². The van der Waals surface area contributed by atoms with Crippen LogP contribution in [0.3, 0.4) is 0 Å². The lowest BCUT2D eigenvalue weighted by Gasteiger charge is -2.33. The quantitative estimate of drug-likeness (QED) is 0.127. The van der Waals surface area contributed by atoms with Crippen LogP contribution in [0.2, 0.25) is 0 Å². The van der Waals surface area contributed by atoms with Gasteiger partial charge in [0.2, 0.25) is 17.0 Å². The van der Waals surface area contributed by atoms with Crippen LogP contribution in [0.4, 0.5) is 0 Å². The lowest BCUT2D eigenvalue weighted by Crippen LogP contribution is -2.30. The number of nitrogens with two attached hydrogens (primary N) is 1. The molecular formula is C26H14Br2I2N4O3S. The fourth-order valence-corrected chi connectivity index (χ4v) is 6.96. The first kappa shape index (κ1) is 26.5. The Labute approximate surface area is 264 Å². The number of benzene rings is 2. The molecule has 0 aliphatic carbocycles. The van der Waals surface area contributed by atoms with Crippen molar-refractivity contribution in [1.82, 2.24) is 9.97 Å². The monoisotopic (exact) mass is 874 g/mol. The average Bonchev–Trinajstić information content (AvgIpc) is 3.29. The van der Waals surface area contributed by atoms with E-state index in [2.05, 4.69) is 93.1 Å². The highest BCUT2D eigenvalue weighted by Crippen LogP contribution is 2.52. The van der Waals surface area contributed by atoms with Crippen LogP contribution < -0.4 is 15.9 Å². The number of hydrogen-bond acceptors (Lipinski definition) is 8. The summed E-state index contributed by atoms with van der Waals surface area (Å²) in [7, 11) is 0. The molecule has 0 bridgehead atoms. The van der Waals surface area contributed by atoms with Crippen LogP contribution in [0.5, 0.6) is 11.6 Å². The maximum atomic E-state index is 12.3. The van der Waals surface area contributed by atoms with Gasteiger partial charge >= 0.3 is 0 Å². The van der Waals surface area contributed by atoms with E-state index >= 15 is 0 Å². The number of fused-ring (bicyclic) bond motifs is 6. The lowest BCUT2D eigenvalue weighted by molar-refractivity contribution is 0.399. The molecule has 1 atom stereocenters. The lowest BCUT2D eigenvalue weighted by atomic mass is 9.83. The molecule has 7 nitrogen and oxygen atoms in total. The van der Waals surface area contributed by atoms with E-state index in [0.29, 0.717) is 33.1 Å². The molecule has 190 valence electrons. The summed E-state index contributed by atoms with van der Waals surface area (Å²) in [5.41, 5.74) is 8.36. The number of thioether (sulfide) groups is 1. The summed E-state index contributed by atoms with van der Waals surface area (Å²) >= 11 is 12.8. The van der Waals surface area contributed by atoms with Gasteiger partial charge < -0.3 is 14.9 Å². The zero-order chi connectivity index (χ0) is 26.6. The van der Waals surface area contributed by atoms with Gasteiger partial charge in [0.25, 0.3) is 0 Å². The maximum Gasteiger partial charge on any atom is 0.230 e. The highest BCUT2D eigenvalue weighted by Gasteiger charge is 2.46. The van der Waals surface area contributed by atoms with E-state index in [1.54, 1.807) is 36.3 Å². The normalized spacial score (nSPS) is 17.4. The highest BCUT2D eigenvalue weighted by molar-refractivity contribution is 14.1. The number of pyridine rings is 2. The molecule has 7 rings (SSSR count). The van der Waals surface area contributed by atoms with Gasteiger partial charge in [0.05, 0.1) is 10.8 Å². The van der Waals surface area contributed by atoms with Crippen molar-refractivity contribution in [3.8, 4) is 11.6 Å². The van der Waals surface area contributed by atoms with Crippen molar-refractivity contribution >= 4 is 116 Å². The van der Waals surface area contributed by atoms with Gasteiger partial charge in [-0.2, -0.15) is 0 Å². The number of hydrogen-bond donors (Lipinski definition) is 1. The second kappa shape index (κ2) is 10.3. The van der Waals surface area contributed by atoms with Gasteiger partial charge in [-0.25, -0.2) is 15.0 Å². The number of ether oxygens (including phenoxy) is 1. The molecule has 3 aromatic heterocycles. The molecule has 0 saturated carbocycles. The van der Waals surface area contributed by atoms with E-state index in [-0.39, 0.29) is 5.43 Å². The first-order valence-corrected chi connectivity index (χ1v) is 15.8. The minimum atomic E-state index is -0.504. The third-order valence-corrected chi connectivity index (χ3v) is 9.20. The van der Waals surface area contributed by atoms with Crippen molar-refractivity contribution in [1.29, 1.82) is 0 Å². The van der Waals surface area contributed by atoms with Crippen LogP contribution in [0.1, 0.15) is 11.1 Å². The second-order valence-corrected chi connectivity index (χ2v) is 13.7. The SMILES string of the molecule is NC1=NC2(CS1)c1cc(I)ccc1Oc1ncc(Br)cc12.O=c1c2cc(I)ccc2oc2ncc(Br)cc12. The Morgan fingerprint density at radius 1 is 0.921 bits per heavy atom. The van der Waals surface area contributed by atoms with Crippen LogP contribution in [0.25, 0.3) is 22.1 Å². The molecule has 0 fully saturated rings. The van der Waals surface area contributed by atoms with Crippen molar-refractivity contribution in [2.75, 3.05) is 5.75 Å². The van der Waals surface area contributed by atoms with Crippen molar-refractivity contribution in [2.24, 2.45) is 10.7 Å². The van der Waals surface area contributed by atoms with Crippen molar-refractivity contribution in [2.45, 2.75) is 5.54 Å². The fourth-order valence-electron chi connectivity index (χ4n) is 4.36. The van der Waals surface area contributed by atoms with E-state index in [4.69, 9.17) is 19.9 Å². The third kappa shape index (κ3) is 4.75. The zero-order valence-corrected chi connectivity index (χ0v) is 27.3. The van der Waals surface area contributed by atoms with Gasteiger partial charge in [-0.1, -0.05) is 11.8 Å². The predicted octanol–water partition coefficient (Wildman–Crippen LogP) is 7.57. The Morgan fingerprint density at radius 3 is 2.45 bits per heavy atom. The largest absolute Gasteiger partial charge is 0.438 e. The minimum Gasteiger partial charge on any atom is -0.438 e. The standard InChI is InChI=1S/C14H9BrIN3OS.C12H5BrINO2/c15-7-3-10-12(18-5-7)20-11-2-1-8(16)4-9(11)14(10)6-21-13(17)19-14;13-6-3-9-11(16)8-4-7(14)1-2-10(8)17-12(9)15-5-6/h1-5H,6H2,(H2,17,19);1-5H. The number of aliphatic imine (C=N–C) groups is 1. The van der Waals surface area contributed by atoms with Crippen LogP contribution >= 0.6 is 88.8 Å². The van der Waals surface area contributed by atoms with Crippen molar-refractivity contribution in [3.63, 3.8) is 0 Å². The molecule has 1 unspecified atom stereocenters. The number of halogens is 4. The van der Waals surface area contributed by atoms with E-state index < -0.39 is 5.54 Å². The topological polar surface area (TPSA) is 104 Å². The second-order valence-electron chi connectivity index (χ2n) is 8.43. The smallest absolute Gasteiger partial charge is 0.230 e. The molecule has 1 spiro atoms. The minimum absolute atomic E-state index is 0.0476.